The third kappa shape index (κ3) is 2.57. The second-order valence-corrected chi connectivity index (χ2v) is 6.88. The number of pyridine rings is 2. The minimum absolute atomic E-state index is 0.0496. The van der Waals surface area contributed by atoms with Crippen LogP contribution in [0.25, 0.3) is 10.9 Å². The van der Waals surface area contributed by atoms with Crippen LogP contribution in [0.5, 0.6) is 0 Å². The molecule has 2 aromatic heterocycles. The van der Waals surface area contributed by atoms with Crippen LogP contribution in [-0.4, -0.2) is 32.6 Å². The lowest BCUT2D eigenvalue weighted by atomic mass is 9.77. The molecule has 5 heteroatoms. The molecule has 0 spiro atoms. The molecule has 2 aliphatic rings. The van der Waals surface area contributed by atoms with E-state index in [2.05, 4.69) is 15.3 Å². The maximum atomic E-state index is 12.2. The van der Waals surface area contributed by atoms with Gasteiger partial charge in [-0.2, -0.15) is 0 Å². The molecule has 0 aromatic carbocycles. The molecule has 0 radical (unpaired) electrons. The van der Waals surface area contributed by atoms with Crippen LogP contribution in [0.4, 0.5) is 0 Å². The average Bonchev–Trinajstić information content (AvgIpc) is 3.28. The SMILES string of the molecule is C[C@]1(O)C[C@H](NC(=O)c2cnc3cc(C4CC4)ncc3c2)C1. The Morgan fingerprint density at radius 2 is 2.05 bits per heavy atom. The Morgan fingerprint density at radius 1 is 1.27 bits per heavy atom. The molecule has 0 saturated heterocycles. The van der Waals surface area contributed by atoms with E-state index in [0.29, 0.717) is 24.3 Å². The highest BCUT2D eigenvalue weighted by Gasteiger charge is 2.39. The van der Waals surface area contributed by atoms with Crippen LogP contribution < -0.4 is 5.32 Å². The Hall–Kier alpha value is -2.01. The van der Waals surface area contributed by atoms with Crippen molar-refractivity contribution in [3.63, 3.8) is 0 Å². The zero-order chi connectivity index (χ0) is 15.3. The third-order valence-corrected chi connectivity index (χ3v) is 4.55. The summed E-state index contributed by atoms with van der Waals surface area (Å²) in [5, 5.41) is 13.5. The average molecular weight is 297 g/mol. The number of aliphatic hydroxyl groups is 1. The lowest BCUT2D eigenvalue weighted by molar-refractivity contribution is -0.0366. The minimum Gasteiger partial charge on any atom is -0.390 e. The van der Waals surface area contributed by atoms with Gasteiger partial charge in [0.1, 0.15) is 0 Å². The summed E-state index contributed by atoms with van der Waals surface area (Å²) in [6.07, 6.45) is 7.05. The van der Waals surface area contributed by atoms with E-state index in [1.165, 1.54) is 12.8 Å². The van der Waals surface area contributed by atoms with Crippen molar-refractivity contribution in [3.05, 3.63) is 35.8 Å². The first-order valence-electron chi connectivity index (χ1n) is 7.79. The van der Waals surface area contributed by atoms with E-state index in [0.717, 1.165) is 16.6 Å². The molecule has 2 heterocycles. The standard InChI is InChI=1S/C17H19N3O2/c1-17(22)6-13(7-17)20-16(21)12-4-11-8-18-14(10-2-3-10)5-15(11)19-9-12/h4-5,8-10,13,22H,2-3,6-7H2,1H3,(H,20,21)/t13-,17-. The summed E-state index contributed by atoms with van der Waals surface area (Å²) in [6.45, 7) is 1.79. The monoisotopic (exact) mass is 297 g/mol. The minimum atomic E-state index is -0.636. The molecule has 114 valence electrons. The van der Waals surface area contributed by atoms with Crippen LogP contribution in [0.15, 0.2) is 24.5 Å². The molecular formula is C17H19N3O2. The summed E-state index contributed by atoms with van der Waals surface area (Å²) >= 11 is 0. The van der Waals surface area contributed by atoms with Gasteiger partial charge in [0.15, 0.2) is 0 Å². The number of fused-ring (bicyclic) bond motifs is 1. The highest BCUT2D eigenvalue weighted by atomic mass is 16.3. The molecule has 0 aliphatic heterocycles. The third-order valence-electron chi connectivity index (χ3n) is 4.55. The Labute approximate surface area is 128 Å². The normalized spacial score (nSPS) is 27.5. The van der Waals surface area contributed by atoms with E-state index in [1.54, 1.807) is 19.3 Å². The number of aromatic nitrogens is 2. The van der Waals surface area contributed by atoms with Crippen molar-refractivity contribution < 1.29 is 9.90 Å². The van der Waals surface area contributed by atoms with Crippen molar-refractivity contribution in [3.8, 4) is 0 Å². The molecule has 2 fully saturated rings. The fourth-order valence-corrected chi connectivity index (χ4v) is 3.14. The van der Waals surface area contributed by atoms with E-state index in [4.69, 9.17) is 0 Å². The number of carbonyl (C=O) groups excluding carboxylic acids is 1. The number of hydrogen-bond acceptors (Lipinski definition) is 4. The summed E-state index contributed by atoms with van der Waals surface area (Å²) < 4.78 is 0. The Kier molecular flexibility index (Phi) is 2.94. The lowest BCUT2D eigenvalue weighted by Crippen LogP contribution is -2.53. The van der Waals surface area contributed by atoms with Gasteiger partial charge >= 0.3 is 0 Å². The predicted molar refractivity (Wildman–Crippen MR) is 82.6 cm³/mol. The van der Waals surface area contributed by atoms with Crippen molar-refractivity contribution in [1.82, 2.24) is 15.3 Å². The molecule has 4 rings (SSSR count). The maximum absolute atomic E-state index is 12.2. The van der Waals surface area contributed by atoms with Crippen LogP contribution >= 0.6 is 0 Å². The van der Waals surface area contributed by atoms with Crippen LogP contribution in [0, 0.1) is 0 Å². The van der Waals surface area contributed by atoms with Gasteiger partial charge in [-0.15, -0.1) is 0 Å². The van der Waals surface area contributed by atoms with Crippen LogP contribution in [0.1, 0.15) is 54.6 Å². The molecule has 5 nitrogen and oxygen atoms in total. The van der Waals surface area contributed by atoms with E-state index in [1.807, 2.05) is 12.1 Å². The van der Waals surface area contributed by atoms with E-state index >= 15 is 0 Å². The van der Waals surface area contributed by atoms with Gasteiger partial charge in [0, 0.05) is 35.4 Å². The van der Waals surface area contributed by atoms with Gasteiger partial charge < -0.3 is 10.4 Å². The van der Waals surface area contributed by atoms with Crippen molar-refractivity contribution >= 4 is 16.8 Å². The first-order chi connectivity index (χ1) is 10.5. The first kappa shape index (κ1) is 13.6. The van der Waals surface area contributed by atoms with Gasteiger partial charge in [-0.3, -0.25) is 14.8 Å². The quantitative estimate of drug-likeness (QED) is 0.910. The van der Waals surface area contributed by atoms with Crippen molar-refractivity contribution in [2.75, 3.05) is 0 Å². The van der Waals surface area contributed by atoms with Crippen LogP contribution in [0.3, 0.4) is 0 Å². The fraction of sp³-hybridized carbons (Fsp3) is 0.471. The smallest absolute Gasteiger partial charge is 0.253 e. The molecule has 2 aromatic rings. The summed E-state index contributed by atoms with van der Waals surface area (Å²) in [6, 6.07) is 3.91. The molecule has 0 unspecified atom stereocenters. The number of nitrogens with one attached hydrogen (secondary N) is 1. The highest BCUT2D eigenvalue weighted by Crippen LogP contribution is 2.39. The molecule has 2 aliphatic carbocycles. The molecule has 0 atom stereocenters. The van der Waals surface area contributed by atoms with Gasteiger partial charge in [-0.25, -0.2) is 0 Å². The molecule has 1 amide bonds. The Balaban J connectivity index is 1.52. The first-order valence-corrected chi connectivity index (χ1v) is 7.79. The number of nitrogens with zero attached hydrogens (tertiary/aromatic N) is 2. The van der Waals surface area contributed by atoms with E-state index in [-0.39, 0.29) is 11.9 Å². The number of carbonyl (C=O) groups is 1. The van der Waals surface area contributed by atoms with Crippen LogP contribution in [-0.2, 0) is 0 Å². The van der Waals surface area contributed by atoms with E-state index < -0.39 is 5.60 Å². The number of rotatable bonds is 3. The zero-order valence-electron chi connectivity index (χ0n) is 12.5. The Morgan fingerprint density at radius 3 is 2.73 bits per heavy atom. The van der Waals surface area contributed by atoms with Gasteiger partial charge in [0.2, 0.25) is 0 Å². The molecular weight excluding hydrogens is 278 g/mol. The topological polar surface area (TPSA) is 75.1 Å². The fourth-order valence-electron chi connectivity index (χ4n) is 3.14. The number of amides is 1. The second-order valence-electron chi connectivity index (χ2n) is 6.88. The van der Waals surface area contributed by atoms with Gasteiger partial charge in [-0.1, -0.05) is 0 Å². The largest absolute Gasteiger partial charge is 0.390 e. The van der Waals surface area contributed by atoms with E-state index in [9.17, 15) is 9.90 Å². The van der Waals surface area contributed by atoms with Crippen LogP contribution in [0.2, 0.25) is 0 Å². The van der Waals surface area contributed by atoms with Crippen molar-refractivity contribution in [2.24, 2.45) is 0 Å². The van der Waals surface area contributed by atoms with Gasteiger partial charge in [-0.05, 0) is 44.7 Å². The van der Waals surface area contributed by atoms with Crippen molar-refractivity contribution in [1.29, 1.82) is 0 Å². The summed E-state index contributed by atoms with van der Waals surface area (Å²) in [7, 11) is 0. The summed E-state index contributed by atoms with van der Waals surface area (Å²) in [4.78, 5) is 21.1. The zero-order valence-corrected chi connectivity index (χ0v) is 12.5. The molecule has 2 N–H and O–H groups in total. The summed E-state index contributed by atoms with van der Waals surface area (Å²) in [5.74, 6) is 0.460. The van der Waals surface area contributed by atoms with Gasteiger partial charge in [0.25, 0.3) is 5.91 Å². The van der Waals surface area contributed by atoms with Crippen molar-refractivity contribution in [2.45, 2.75) is 50.2 Å². The summed E-state index contributed by atoms with van der Waals surface area (Å²) in [5.41, 5.74) is 1.90. The molecule has 22 heavy (non-hydrogen) atoms. The lowest BCUT2D eigenvalue weighted by Gasteiger charge is -2.41. The second kappa shape index (κ2) is 4.74. The number of hydrogen-bond donors (Lipinski definition) is 2. The van der Waals surface area contributed by atoms with Gasteiger partial charge in [0.05, 0.1) is 16.7 Å². The molecule has 0 bridgehead atoms. The highest BCUT2D eigenvalue weighted by molar-refractivity contribution is 5.97. The predicted octanol–water partition coefficient (Wildman–Crippen LogP) is 2.15. The maximum Gasteiger partial charge on any atom is 0.253 e. The molecule has 2 saturated carbocycles. The Bertz CT molecular complexity index is 745.